The molecule has 0 bridgehead atoms. The van der Waals surface area contributed by atoms with Crippen molar-refractivity contribution in [1.29, 1.82) is 0 Å². The maximum Gasteiger partial charge on any atom is 0.150 e. The molecule has 10 heteroatoms. The van der Waals surface area contributed by atoms with Crippen LogP contribution in [0.25, 0.3) is 0 Å². The van der Waals surface area contributed by atoms with E-state index >= 15 is 0 Å². The fourth-order valence-electron chi connectivity index (χ4n) is 2.82. The number of rotatable bonds is 4. The van der Waals surface area contributed by atoms with E-state index in [0.29, 0.717) is 11.4 Å². The van der Waals surface area contributed by atoms with Gasteiger partial charge in [-0.3, -0.25) is 0 Å². The van der Waals surface area contributed by atoms with Gasteiger partial charge in [0.2, 0.25) is 0 Å². The van der Waals surface area contributed by atoms with Gasteiger partial charge in [-0.1, -0.05) is 0 Å². The van der Waals surface area contributed by atoms with E-state index in [9.17, 15) is 19.0 Å². The molecule has 2 aromatic rings. The van der Waals surface area contributed by atoms with E-state index in [1.165, 1.54) is 36.4 Å². The maximum atomic E-state index is 12.9. The van der Waals surface area contributed by atoms with Crippen molar-refractivity contribution in [3.63, 3.8) is 0 Å². The Labute approximate surface area is 171 Å². The molecule has 2 heterocycles. The molecule has 4 rings (SSSR count). The maximum absolute atomic E-state index is 12.9. The Morgan fingerprint density at radius 3 is 1.47 bits per heavy atom. The molecule has 0 aliphatic carbocycles. The average Bonchev–Trinajstić information content (AvgIpc) is 3.30. The summed E-state index contributed by atoms with van der Waals surface area (Å²) < 4.78 is 46.5. The second kappa shape index (κ2) is 9.90. The zero-order valence-electron chi connectivity index (χ0n) is 16.0. The molecule has 2 aliphatic rings. The fraction of sp³-hybridized carbons (Fsp3) is 0.400. The third-order valence-electron chi connectivity index (χ3n) is 4.51. The highest BCUT2D eigenvalue weighted by molar-refractivity contribution is 5.53. The normalized spacial score (nSPS) is 25.5. The van der Waals surface area contributed by atoms with Crippen molar-refractivity contribution < 1.29 is 37.9 Å². The number of aliphatic hydroxyl groups is 2. The van der Waals surface area contributed by atoms with Gasteiger partial charge in [-0.15, -0.1) is 0 Å². The Morgan fingerprint density at radius 1 is 0.733 bits per heavy atom. The number of hydrogen-bond acceptors (Lipinski definition) is 8. The SMILES string of the molecule is Nc1ccc(F)cc1O[C@@H]1COC[C@@H]1O.Nc1ccc(F)cc1O[C@H]1COC[C@H]1O. The van der Waals surface area contributed by atoms with Crippen LogP contribution in [0, 0.1) is 11.6 Å². The van der Waals surface area contributed by atoms with Gasteiger partial charge in [0.15, 0.2) is 12.2 Å². The lowest BCUT2D eigenvalue weighted by Gasteiger charge is -2.16. The Balaban J connectivity index is 0.000000171. The first-order valence-electron chi connectivity index (χ1n) is 9.28. The van der Waals surface area contributed by atoms with Crippen LogP contribution in [-0.4, -0.2) is 61.1 Å². The molecule has 164 valence electrons. The van der Waals surface area contributed by atoms with Gasteiger partial charge in [-0.25, -0.2) is 8.78 Å². The summed E-state index contributed by atoms with van der Waals surface area (Å²) in [5.41, 5.74) is 11.9. The summed E-state index contributed by atoms with van der Waals surface area (Å²) in [6, 6.07) is 7.74. The summed E-state index contributed by atoms with van der Waals surface area (Å²) in [6.45, 7) is 1.05. The quantitative estimate of drug-likeness (QED) is 0.535. The van der Waals surface area contributed by atoms with E-state index < -0.39 is 36.1 Å². The predicted molar refractivity (Wildman–Crippen MR) is 104 cm³/mol. The largest absolute Gasteiger partial charge is 0.483 e. The molecule has 0 radical (unpaired) electrons. The van der Waals surface area contributed by atoms with Gasteiger partial charge in [-0.05, 0) is 24.3 Å². The number of hydrogen-bond donors (Lipinski definition) is 4. The molecule has 0 saturated carbocycles. The van der Waals surface area contributed by atoms with E-state index in [-0.39, 0.29) is 37.9 Å². The highest BCUT2D eigenvalue weighted by atomic mass is 19.1. The second-order valence-corrected chi connectivity index (χ2v) is 6.89. The number of nitrogens with two attached hydrogens (primary N) is 2. The van der Waals surface area contributed by atoms with E-state index in [1.54, 1.807) is 0 Å². The zero-order valence-corrected chi connectivity index (χ0v) is 16.0. The first-order valence-corrected chi connectivity index (χ1v) is 9.28. The lowest BCUT2D eigenvalue weighted by atomic mass is 10.2. The van der Waals surface area contributed by atoms with Gasteiger partial charge in [0, 0.05) is 12.1 Å². The highest BCUT2D eigenvalue weighted by Gasteiger charge is 2.29. The second-order valence-electron chi connectivity index (χ2n) is 6.89. The minimum absolute atomic E-state index is 0.236. The van der Waals surface area contributed by atoms with Gasteiger partial charge in [0.1, 0.15) is 35.3 Å². The molecule has 2 fully saturated rings. The Hall–Kier alpha value is -2.66. The van der Waals surface area contributed by atoms with Crippen LogP contribution < -0.4 is 20.9 Å². The average molecular weight is 426 g/mol. The first-order chi connectivity index (χ1) is 14.3. The Kier molecular flexibility index (Phi) is 7.27. The minimum Gasteiger partial charge on any atom is -0.483 e. The van der Waals surface area contributed by atoms with Gasteiger partial charge in [0.25, 0.3) is 0 Å². The predicted octanol–water partition coefficient (Wildman–Crippen LogP) is 1.09. The Morgan fingerprint density at radius 2 is 1.13 bits per heavy atom. The van der Waals surface area contributed by atoms with Crippen molar-refractivity contribution in [1.82, 2.24) is 0 Å². The number of nitrogen functional groups attached to an aromatic ring is 2. The van der Waals surface area contributed by atoms with E-state index in [1.807, 2.05) is 0 Å². The van der Waals surface area contributed by atoms with Crippen molar-refractivity contribution in [2.75, 3.05) is 37.9 Å². The molecule has 8 nitrogen and oxygen atoms in total. The summed E-state index contributed by atoms with van der Waals surface area (Å²) >= 11 is 0. The van der Waals surface area contributed by atoms with Gasteiger partial charge in [-0.2, -0.15) is 0 Å². The number of anilines is 2. The standard InChI is InChI=1S/2C10H12FNO3/c2*11-6-1-2-7(12)9(3-6)15-10-5-14-4-8(10)13/h2*1-3,8,10,13H,4-5,12H2/t2*8-,10+/m10/s1. The third kappa shape index (κ3) is 5.70. The molecule has 0 amide bonds. The number of benzene rings is 2. The molecule has 2 saturated heterocycles. The summed E-state index contributed by atoms with van der Waals surface area (Å²) in [5.74, 6) is -0.366. The molecule has 0 unspecified atom stereocenters. The van der Waals surface area contributed by atoms with Crippen molar-refractivity contribution in [3.05, 3.63) is 48.0 Å². The van der Waals surface area contributed by atoms with Crippen LogP contribution in [0.15, 0.2) is 36.4 Å². The fourth-order valence-corrected chi connectivity index (χ4v) is 2.82. The number of aliphatic hydroxyl groups excluding tert-OH is 2. The molecule has 30 heavy (non-hydrogen) atoms. The summed E-state index contributed by atoms with van der Waals surface area (Å²) in [5, 5.41) is 18.9. The number of ether oxygens (including phenoxy) is 4. The Bertz CT molecular complexity index is 787. The van der Waals surface area contributed by atoms with Crippen LogP contribution in [0.4, 0.5) is 20.2 Å². The highest BCUT2D eigenvalue weighted by Crippen LogP contribution is 2.26. The molecule has 0 spiro atoms. The van der Waals surface area contributed by atoms with E-state index in [0.717, 1.165) is 0 Å². The van der Waals surface area contributed by atoms with Gasteiger partial charge in [0.05, 0.1) is 37.8 Å². The van der Waals surface area contributed by atoms with Crippen molar-refractivity contribution in [2.45, 2.75) is 24.4 Å². The molecule has 4 atom stereocenters. The van der Waals surface area contributed by atoms with Crippen LogP contribution >= 0.6 is 0 Å². The molecular weight excluding hydrogens is 402 g/mol. The smallest absolute Gasteiger partial charge is 0.150 e. The first kappa shape index (κ1) is 22.0. The van der Waals surface area contributed by atoms with Crippen LogP contribution in [0.1, 0.15) is 0 Å². The zero-order chi connectivity index (χ0) is 21.7. The lowest BCUT2D eigenvalue weighted by molar-refractivity contribution is 0.0736. The molecule has 6 N–H and O–H groups in total. The topological polar surface area (TPSA) is 129 Å². The van der Waals surface area contributed by atoms with Crippen molar-refractivity contribution in [3.8, 4) is 11.5 Å². The minimum atomic E-state index is -0.687. The summed E-state index contributed by atoms with van der Waals surface area (Å²) in [4.78, 5) is 0. The van der Waals surface area contributed by atoms with Crippen LogP contribution in [0.2, 0.25) is 0 Å². The van der Waals surface area contributed by atoms with E-state index in [4.69, 9.17) is 30.4 Å². The summed E-state index contributed by atoms with van der Waals surface area (Å²) in [6.07, 6.45) is -2.33. The molecule has 2 aromatic carbocycles. The third-order valence-corrected chi connectivity index (χ3v) is 4.51. The van der Waals surface area contributed by atoms with Crippen molar-refractivity contribution in [2.24, 2.45) is 0 Å². The number of halogens is 2. The van der Waals surface area contributed by atoms with Crippen LogP contribution in [-0.2, 0) is 9.47 Å². The van der Waals surface area contributed by atoms with Crippen LogP contribution in [0.3, 0.4) is 0 Å². The lowest BCUT2D eigenvalue weighted by Crippen LogP contribution is -2.30. The van der Waals surface area contributed by atoms with E-state index in [2.05, 4.69) is 0 Å². The molecule has 2 aliphatic heterocycles. The monoisotopic (exact) mass is 426 g/mol. The van der Waals surface area contributed by atoms with Gasteiger partial charge < -0.3 is 40.6 Å². The summed E-state index contributed by atoms with van der Waals surface area (Å²) in [7, 11) is 0. The van der Waals surface area contributed by atoms with Crippen molar-refractivity contribution >= 4 is 11.4 Å². The van der Waals surface area contributed by atoms with Crippen LogP contribution in [0.5, 0.6) is 11.5 Å². The molecule has 0 aromatic heterocycles. The van der Waals surface area contributed by atoms with Gasteiger partial charge >= 0.3 is 0 Å². The molecular formula is C20H24F2N2O6.